The smallest absolute Gasteiger partial charge is 0.131 e. The van der Waals surface area contributed by atoms with Crippen molar-refractivity contribution in [2.75, 3.05) is 0 Å². The Morgan fingerprint density at radius 2 is 1.05 bits per heavy atom. The first kappa shape index (κ1) is 14.2. The summed E-state index contributed by atoms with van der Waals surface area (Å²) in [7, 11) is 0. The second-order valence-corrected chi connectivity index (χ2v) is 4.80. The maximum atomic E-state index is 9.41. The molecule has 0 aromatic heterocycles. The number of aliphatic hydroxyl groups excluding tert-OH is 1. The van der Waals surface area contributed by atoms with Crippen LogP contribution in [0.25, 0.3) is 0 Å². The highest BCUT2D eigenvalue weighted by molar-refractivity contribution is 5.42. The lowest BCUT2D eigenvalue weighted by Crippen LogP contribution is -1.91. The Labute approximate surface area is 129 Å². The third-order valence-electron chi connectivity index (χ3n) is 3.08. The molecular formula is C19H16O3. The largest absolute Gasteiger partial charge is 0.457 e. The van der Waals surface area contributed by atoms with Crippen molar-refractivity contribution in [1.82, 2.24) is 0 Å². The maximum absolute atomic E-state index is 9.41. The van der Waals surface area contributed by atoms with E-state index in [-0.39, 0.29) is 6.61 Å². The lowest BCUT2D eigenvalue weighted by molar-refractivity contribution is 0.280. The van der Waals surface area contributed by atoms with Gasteiger partial charge in [-0.2, -0.15) is 0 Å². The SMILES string of the molecule is OCc1cc(Oc2ccccc2)cc(Oc2ccccc2)c1. The average Bonchev–Trinajstić information content (AvgIpc) is 2.56. The van der Waals surface area contributed by atoms with Gasteiger partial charge in [-0.05, 0) is 42.0 Å². The highest BCUT2D eigenvalue weighted by Crippen LogP contribution is 2.30. The van der Waals surface area contributed by atoms with Gasteiger partial charge in [0.1, 0.15) is 23.0 Å². The molecule has 0 heterocycles. The van der Waals surface area contributed by atoms with Crippen molar-refractivity contribution in [3.05, 3.63) is 84.4 Å². The van der Waals surface area contributed by atoms with Gasteiger partial charge < -0.3 is 14.6 Å². The van der Waals surface area contributed by atoms with E-state index in [1.807, 2.05) is 60.7 Å². The van der Waals surface area contributed by atoms with E-state index in [1.54, 1.807) is 18.2 Å². The van der Waals surface area contributed by atoms with Crippen molar-refractivity contribution in [1.29, 1.82) is 0 Å². The van der Waals surface area contributed by atoms with Gasteiger partial charge in [0.15, 0.2) is 0 Å². The number of para-hydroxylation sites is 2. The zero-order valence-corrected chi connectivity index (χ0v) is 12.0. The maximum Gasteiger partial charge on any atom is 0.131 e. The monoisotopic (exact) mass is 292 g/mol. The number of benzene rings is 3. The molecule has 1 N–H and O–H groups in total. The molecule has 0 saturated heterocycles. The Kier molecular flexibility index (Phi) is 4.37. The molecule has 3 rings (SSSR count). The Morgan fingerprint density at radius 1 is 0.591 bits per heavy atom. The van der Waals surface area contributed by atoms with Gasteiger partial charge in [0.25, 0.3) is 0 Å². The van der Waals surface area contributed by atoms with Crippen molar-refractivity contribution in [3.8, 4) is 23.0 Å². The fraction of sp³-hybridized carbons (Fsp3) is 0.0526. The second-order valence-electron chi connectivity index (χ2n) is 4.80. The van der Waals surface area contributed by atoms with Crippen molar-refractivity contribution in [2.45, 2.75) is 6.61 Å². The van der Waals surface area contributed by atoms with Gasteiger partial charge in [-0.3, -0.25) is 0 Å². The molecule has 0 unspecified atom stereocenters. The van der Waals surface area contributed by atoms with Gasteiger partial charge in [0, 0.05) is 6.07 Å². The molecule has 0 amide bonds. The highest BCUT2D eigenvalue weighted by Gasteiger charge is 2.05. The summed E-state index contributed by atoms with van der Waals surface area (Å²) >= 11 is 0. The molecule has 3 aromatic rings. The van der Waals surface area contributed by atoms with Crippen LogP contribution in [-0.2, 0) is 6.61 Å². The molecule has 0 aliphatic carbocycles. The molecule has 0 fully saturated rings. The van der Waals surface area contributed by atoms with Gasteiger partial charge in [-0.25, -0.2) is 0 Å². The quantitative estimate of drug-likeness (QED) is 0.736. The van der Waals surface area contributed by atoms with E-state index in [0.717, 1.165) is 17.1 Å². The van der Waals surface area contributed by atoms with Crippen LogP contribution in [0.5, 0.6) is 23.0 Å². The van der Waals surface area contributed by atoms with Crippen LogP contribution >= 0.6 is 0 Å². The van der Waals surface area contributed by atoms with Gasteiger partial charge in [-0.1, -0.05) is 36.4 Å². The normalized spacial score (nSPS) is 10.2. The molecule has 0 aliphatic heterocycles. The van der Waals surface area contributed by atoms with E-state index in [1.165, 1.54) is 0 Å². The highest BCUT2D eigenvalue weighted by atomic mass is 16.5. The molecule has 0 atom stereocenters. The molecule has 3 heteroatoms. The summed E-state index contributed by atoms with van der Waals surface area (Å²) in [6.45, 7) is -0.0723. The third kappa shape index (κ3) is 3.65. The van der Waals surface area contributed by atoms with Crippen LogP contribution in [-0.4, -0.2) is 5.11 Å². The molecule has 0 aliphatic rings. The first-order chi connectivity index (χ1) is 10.8. The van der Waals surface area contributed by atoms with E-state index in [9.17, 15) is 5.11 Å². The molecule has 0 spiro atoms. The fourth-order valence-electron chi connectivity index (χ4n) is 2.09. The summed E-state index contributed by atoms with van der Waals surface area (Å²) in [5.41, 5.74) is 0.736. The van der Waals surface area contributed by atoms with Crippen LogP contribution in [0, 0.1) is 0 Å². The van der Waals surface area contributed by atoms with Crippen LogP contribution in [0.1, 0.15) is 5.56 Å². The zero-order valence-electron chi connectivity index (χ0n) is 12.0. The van der Waals surface area contributed by atoms with E-state index in [4.69, 9.17) is 9.47 Å². The summed E-state index contributed by atoms with van der Waals surface area (Å²) in [6, 6.07) is 24.4. The lowest BCUT2D eigenvalue weighted by Gasteiger charge is -2.11. The van der Waals surface area contributed by atoms with Crippen LogP contribution in [0.4, 0.5) is 0 Å². The molecule has 0 saturated carbocycles. The minimum atomic E-state index is -0.0723. The Morgan fingerprint density at radius 3 is 1.45 bits per heavy atom. The van der Waals surface area contributed by atoms with Gasteiger partial charge >= 0.3 is 0 Å². The average molecular weight is 292 g/mol. The van der Waals surface area contributed by atoms with Crippen molar-refractivity contribution >= 4 is 0 Å². The summed E-state index contributed by atoms with van der Waals surface area (Å²) in [5.74, 6) is 2.74. The zero-order chi connectivity index (χ0) is 15.2. The number of rotatable bonds is 5. The van der Waals surface area contributed by atoms with Crippen LogP contribution in [0.15, 0.2) is 78.9 Å². The molecule has 0 radical (unpaired) electrons. The lowest BCUT2D eigenvalue weighted by atomic mass is 10.2. The molecule has 0 bridgehead atoms. The predicted molar refractivity (Wildman–Crippen MR) is 85.4 cm³/mol. The van der Waals surface area contributed by atoms with Gasteiger partial charge in [-0.15, -0.1) is 0 Å². The Hall–Kier alpha value is -2.78. The van der Waals surface area contributed by atoms with Crippen LogP contribution < -0.4 is 9.47 Å². The van der Waals surface area contributed by atoms with Crippen LogP contribution in [0.3, 0.4) is 0 Å². The number of hydrogen-bond acceptors (Lipinski definition) is 3. The standard InChI is InChI=1S/C19H16O3/c20-14-15-11-18(21-16-7-3-1-4-8-16)13-19(12-15)22-17-9-5-2-6-10-17/h1-13,20H,14H2. The van der Waals surface area contributed by atoms with Crippen LogP contribution in [0.2, 0.25) is 0 Å². The fourth-order valence-corrected chi connectivity index (χ4v) is 2.09. The van der Waals surface area contributed by atoms with E-state index in [0.29, 0.717) is 11.5 Å². The number of ether oxygens (including phenoxy) is 2. The molecule has 3 aromatic carbocycles. The van der Waals surface area contributed by atoms with Crippen molar-refractivity contribution in [3.63, 3.8) is 0 Å². The summed E-state index contributed by atoms with van der Waals surface area (Å²) < 4.78 is 11.6. The number of hydrogen-bond donors (Lipinski definition) is 1. The molecule has 3 nitrogen and oxygen atoms in total. The first-order valence-corrected chi connectivity index (χ1v) is 7.04. The van der Waals surface area contributed by atoms with Crippen molar-refractivity contribution < 1.29 is 14.6 Å². The summed E-state index contributed by atoms with van der Waals surface area (Å²) in [6.07, 6.45) is 0. The van der Waals surface area contributed by atoms with E-state index in [2.05, 4.69) is 0 Å². The first-order valence-electron chi connectivity index (χ1n) is 7.04. The van der Waals surface area contributed by atoms with Crippen molar-refractivity contribution in [2.24, 2.45) is 0 Å². The molecule has 22 heavy (non-hydrogen) atoms. The molecule has 110 valence electrons. The summed E-state index contributed by atoms with van der Waals surface area (Å²) in [4.78, 5) is 0. The Balaban J connectivity index is 1.86. The topological polar surface area (TPSA) is 38.7 Å². The predicted octanol–water partition coefficient (Wildman–Crippen LogP) is 4.76. The van der Waals surface area contributed by atoms with E-state index >= 15 is 0 Å². The second kappa shape index (κ2) is 6.78. The Bertz CT molecular complexity index is 664. The summed E-state index contributed by atoms with van der Waals surface area (Å²) in [5, 5.41) is 9.41. The molecular weight excluding hydrogens is 276 g/mol. The third-order valence-corrected chi connectivity index (χ3v) is 3.08. The minimum Gasteiger partial charge on any atom is -0.457 e. The minimum absolute atomic E-state index is 0.0723. The van der Waals surface area contributed by atoms with Gasteiger partial charge in [0.2, 0.25) is 0 Å². The van der Waals surface area contributed by atoms with E-state index < -0.39 is 0 Å². The van der Waals surface area contributed by atoms with Gasteiger partial charge in [0.05, 0.1) is 6.61 Å². The number of aliphatic hydroxyl groups is 1.